The zero-order valence-corrected chi connectivity index (χ0v) is 14.5. The Morgan fingerprint density at radius 3 is 2.96 bits per heavy atom. The number of aryl methyl sites for hydroxylation is 1. The molecule has 3 rings (SSSR count). The van der Waals surface area contributed by atoms with Crippen LogP contribution in [0.3, 0.4) is 0 Å². The summed E-state index contributed by atoms with van der Waals surface area (Å²) in [7, 11) is 3.49. The van der Waals surface area contributed by atoms with Crippen molar-refractivity contribution in [2.75, 3.05) is 27.2 Å². The Morgan fingerprint density at radius 2 is 2.25 bits per heavy atom. The third kappa shape index (κ3) is 3.79. The minimum absolute atomic E-state index is 0.0607. The van der Waals surface area contributed by atoms with E-state index in [1.54, 1.807) is 19.0 Å². The van der Waals surface area contributed by atoms with E-state index in [0.717, 1.165) is 37.6 Å². The Hall–Kier alpha value is -2.28. The molecular formula is C17H25N5O2. The van der Waals surface area contributed by atoms with Crippen LogP contribution in [0.15, 0.2) is 28.8 Å². The lowest BCUT2D eigenvalue weighted by Crippen LogP contribution is -2.40. The smallest absolute Gasteiger partial charge is 0.316 e. The van der Waals surface area contributed by atoms with Crippen LogP contribution < -0.4 is 5.32 Å². The van der Waals surface area contributed by atoms with Crippen LogP contribution in [0.5, 0.6) is 0 Å². The molecule has 1 aliphatic rings. The van der Waals surface area contributed by atoms with Crippen molar-refractivity contribution in [2.24, 2.45) is 0 Å². The predicted molar refractivity (Wildman–Crippen MR) is 90.5 cm³/mol. The number of fused-ring (bicyclic) bond motifs is 1. The van der Waals surface area contributed by atoms with E-state index >= 15 is 0 Å². The van der Waals surface area contributed by atoms with Gasteiger partial charge in [-0.25, -0.2) is 4.79 Å². The lowest BCUT2D eigenvalue weighted by molar-refractivity contribution is 0.150. The summed E-state index contributed by atoms with van der Waals surface area (Å²) in [5, 5.41) is 7.39. The molecule has 7 nitrogen and oxygen atoms in total. The van der Waals surface area contributed by atoms with Crippen molar-refractivity contribution in [3.8, 4) is 0 Å². The van der Waals surface area contributed by atoms with Crippen molar-refractivity contribution in [3.05, 3.63) is 41.6 Å². The Kier molecular flexibility index (Phi) is 4.89. The van der Waals surface area contributed by atoms with Crippen LogP contribution in [0.2, 0.25) is 0 Å². The fourth-order valence-corrected chi connectivity index (χ4v) is 3.09. The summed E-state index contributed by atoms with van der Waals surface area (Å²) >= 11 is 0. The Labute approximate surface area is 142 Å². The van der Waals surface area contributed by atoms with Crippen LogP contribution >= 0.6 is 0 Å². The van der Waals surface area contributed by atoms with Crippen LogP contribution in [-0.4, -0.2) is 52.8 Å². The van der Waals surface area contributed by atoms with Gasteiger partial charge in [0.05, 0.1) is 18.3 Å². The van der Waals surface area contributed by atoms with Gasteiger partial charge in [-0.1, -0.05) is 0 Å². The quantitative estimate of drug-likeness (QED) is 0.910. The monoisotopic (exact) mass is 331 g/mol. The molecule has 1 atom stereocenters. The highest BCUT2D eigenvalue weighted by Crippen LogP contribution is 2.24. The van der Waals surface area contributed by atoms with Gasteiger partial charge >= 0.3 is 6.03 Å². The Bertz CT molecular complexity index is 691. The van der Waals surface area contributed by atoms with Crippen molar-refractivity contribution in [2.45, 2.75) is 32.5 Å². The summed E-state index contributed by atoms with van der Waals surface area (Å²) in [6, 6.07) is 6.28. The largest absolute Gasteiger partial charge is 0.465 e. The number of carbonyl (C=O) groups excluding carboxylic acids is 1. The van der Waals surface area contributed by atoms with E-state index in [4.69, 9.17) is 4.42 Å². The number of aromatic nitrogens is 2. The molecule has 0 saturated carbocycles. The number of nitrogens with zero attached hydrogens (tertiary/aromatic N) is 4. The number of furan rings is 1. The number of hydrogen-bond donors (Lipinski definition) is 1. The minimum atomic E-state index is -0.0607. The van der Waals surface area contributed by atoms with Gasteiger partial charge < -0.3 is 14.6 Å². The fraction of sp³-hybridized carbons (Fsp3) is 0.529. The average molecular weight is 331 g/mol. The Balaban J connectivity index is 1.62. The summed E-state index contributed by atoms with van der Waals surface area (Å²) in [5.41, 5.74) is 1.20. The van der Waals surface area contributed by atoms with Crippen molar-refractivity contribution in [1.29, 1.82) is 0 Å². The van der Waals surface area contributed by atoms with Crippen LogP contribution in [-0.2, 0) is 13.1 Å². The highest BCUT2D eigenvalue weighted by atomic mass is 16.3. The zero-order valence-electron chi connectivity index (χ0n) is 14.5. The molecule has 24 heavy (non-hydrogen) atoms. The molecule has 7 heteroatoms. The van der Waals surface area contributed by atoms with Gasteiger partial charge in [0.15, 0.2) is 0 Å². The first-order valence-corrected chi connectivity index (χ1v) is 8.28. The molecule has 2 amide bonds. The van der Waals surface area contributed by atoms with Gasteiger partial charge in [-0.3, -0.25) is 9.58 Å². The first-order chi connectivity index (χ1) is 11.5. The molecule has 0 aromatic carbocycles. The lowest BCUT2D eigenvalue weighted by atomic mass is 10.1. The van der Waals surface area contributed by atoms with Crippen LogP contribution in [0.25, 0.3) is 0 Å². The predicted octanol–water partition coefficient (Wildman–Crippen LogP) is 2.00. The normalized spacial score (nSPS) is 17.5. The van der Waals surface area contributed by atoms with Gasteiger partial charge in [-0.15, -0.1) is 0 Å². The molecule has 0 bridgehead atoms. The van der Waals surface area contributed by atoms with Gasteiger partial charge in [0.1, 0.15) is 11.5 Å². The molecule has 0 aliphatic carbocycles. The van der Waals surface area contributed by atoms with Gasteiger partial charge in [0, 0.05) is 39.9 Å². The van der Waals surface area contributed by atoms with Gasteiger partial charge in [-0.05, 0) is 31.5 Å². The van der Waals surface area contributed by atoms with Crippen LogP contribution in [0.1, 0.15) is 29.7 Å². The lowest BCUT2D eigenvalue weighted by Gasteiger charge is -2.33. The number of urea groups is 1. The molecular weight excluding hydrogens is 306 g/mol. The molecule has 0 saturated heterocycles. The maximum absolute atomic E-state index is 11.7. The van der Waals surface area contributed by atoms with E-state index < -0.39 is 0 Å². The zero-order chi connectivity index (χ0) is 17.1. The first kappa shape index (κ1) is 16.6. The molecule has 0 spiro atoms. The van der Waals surface area contributed by atoms with E-state index in [-0.39, 0.29) is 12.1 Å². The van der Waals surface area contributed by atoms with Crippen molar-refractivity contribution in [3.63, 3.8) is 0 Å². The molecule has 1 N–H and O–H groups in total. The van der Waals surface area contributed by atoms with Gasteiger partial charge in [0.2, 0.25) is 0 Å². The van der Waals surface area contributed by atoms with E-state index in [2.05, 4.69) is 26.1 Å². The van der Waals surface area contributed by atoms with E-state index in [1.165, 1.54) is 5.69 Å². The highest BCUT2D eigenvalue weighted by molar-refractivity contribution is 5.73. The molecule has 3 heterocycles. The maximum Gasteiger partial charge on any atom is 0.316 e. The second-order valence-corrected chi connectivity index (χ2v) is 6.52. The first-order valence-electron chi connectivity index (χ1n) is 8.28. The molecule has 0 fully saturated rings. The molecule has 2 aromatic heterocycles. The number of rotatable bonds is 5. The van der Waals surface area contributed by atoms with E-state index in [0.29, 0.717) is 6.54 Å². The topological polar surface area (TPSA) is 66.5 Å². The molecule has 1 aliphatic heterocycles. The van der Waals surface area contributed by atoms with E-state index in [1.807, 2.05) is 25.3 Å². The summed E-state index contributed by atoms with van der Waals surface area (Å²) in [4.78, 5) is 15.6. The molecule has 1 unspecified atom stereocenters. The maximum atomic E-state index is 11.7. The number of hydrogen-bond acceptors (Lipinski definition) is 4. The summed E-state index contributed by atoms with van der Waals surface area (Å²) in [6.45, 7) is 5.14. The summed E-state index contributed by atoms with van der Waals surface area (Å²) in [6.07, 6.45) is 2.70. The molecule has 130 valence electrons. The van der Waals surface area contributed by atoms with Crippen LogP contribution in [0.4, 0.5) is 4.79 Å². The summed E-state index contributed by atoms with van der Waals surface area (Å²) < 4.78 is 7.79. The average Bonchev–Trinajstić information content (AvgIpc) is 3.16. The second kappa shape index (κ2) is 7.09. The van der Waals surface area contributed by atoms with Crippen molar-refractivity contribution < 1.29 is 9.21 Å². The van der Waals surface area contributed by atoms with Crippen molar-refractivity contribution >= 4 is 6.03 Å². The van der Waals surface area contributed by atoms with E-state index in [9.17, 15) is 4.79 Å². The van der Waals surface area contributed by atoms with Gasteiger partial charge in [0.25, 0.3) is 0 Å². The van der Waals surface area contributed by atoms with Crippen molar-refractivity contribution in [1.82, 2.24) is 24.9 Å². The minimum Gasteiger partial charge on any atom is -0.465 e. The van der Waals surface area contributed by atoms with Gasteiger partial charge in [-0.2, -0.15) is 5.10 Å². The Morgan fingerprint density at radius 1 is 1.42 bits per heavy atom. The highest BCUT2D eigenvalue weighted by Gasteiger charge is 2.26. The number of carbonyl (C=O) groups is 1. The standard InChI is InChI=1S/C17H25N5O2/c1-13-4-5-16(24-13)12-21-10-14(6-8-18-17(23)20(2)3)22-15(11-21)7-9-19-22/h4-5,7,9,14H,6,8,10-12H2,1-3H3,(H,18,23). The molecule has 0 radical (unpaired) electrons. The summed E-state index contributed by atoms with van der Waals surface area (Å²) in [5.74, 6) is 1.93. The number of nitrogens with one attached hydrogen (secondary N) is 1. The third-order valence-corrected chi connectivity index (χ3v) is 4.29. The number of amides is 2. The van der Waals surface area contributed by atoms with Crippen LogP contribution in [0, 0.1) is 6.92 Å². The molecule has 2 aromatic rings. The SMILES string of the molecule is Cc1ccc(CN2Cc3ccnn3C(CCNC(=O)N(C)C)C2)o1. The second-order valence-electron chi connectivity index (χ2n) is 6.52. The third-order valence-electron chi connectivity index (χ3n) is 4.29. The fourth-order valence-electron chi connectivity index (χ4n) is 3.09.